The van der Waals surface area contributed by atoms with Crippen molar-refractivity contribution in [1.29, 1.82) is 0 Å². The summed E-state index contributed by atoms with van der Waals surface area (Å²) in [5.41, 5.74) is 3.46. The van der Waals surface area contributed by atoms with E-state index in [4.69, 9.17) is 4.74 Å². The van der Waals surface area contributed by atoms with Crippen LogP contribution in [0.2, 0.25) is 0 Å². The highest BCUT2D eigenvalue weighted by Crippen LogP contribution is 2.44. The van der Waals surface area contributed by atoms with Gasteiger partial charge in [0.25, 0.3) is 0 Å². The van der Waals surface area contributed by atoms with Gasteiger partial charge in [0.05, 0.1) is 5.69 Å². The molecule has 8 heteroatoms. The van der Waals surface area contributed by atoms with Gasteiger partial charge in [0.1, 0.15) is 24.0 Å². The van der Waals surface area contributed by atoms with Crippen LogP contribution >= 0.6 is 0 Å². The Morgan fingerprint density at radius 1 is 0.970 bits per heavy atom. The van der Waals surface area contributed by atoms with Crippen LogP contribution in [0.25, 0.3) is 11.1 Å². The van der Waals surface area contributed by atoms with E-state index >= 15 is 0 Å². The highest BCUT2D eigenvalue weighted by atomic mass is 19.1. The Kier molecular flexibility index (Phi) is 6.08. The Labute approximate surface area is 189 Å². The van der Waals surface area contributed by atoms with E-state index in [1.165, 1.54) is 19.1 Å². The number of nitrogens with one attached hydrogen (secondary N) is 2. The van der Waals surface area contributed by atoms with E-state index in [-0.39, 0.29) is 18.2 Å². The summed E-state index contributed by atoms with van der Waals surface area (Å²) in [4.78, 5) is 36.1. The monoisotopic (exact) mass is 448 g/mol. The molecule has 1 aliphatic rings. The molecule has 0 heterocycles. The van der Waals surface area contributed by atoms with Gasteiger partial charge in [0, 0.05) is 5.92 Å². The van der Waals surface area contributed by atoms with Crippen molar-refractivity contribution in [2.45, 2.75) is 18.9 Å². The molecule has 1 aliphatic carbocycles. The molecule has 7 nitrogen and oxygen atoms in total. The predicted molar refractivity (Wildman–Crippen MR) is 120 cm³/mol. The Morgan fingerprint density at radius 3 is 2.18 bits per heavy atom. The van der Waals surface area contributed by atoms with Gasteiger partial charge >= 0.3 is 12.1 Å². The zero-order chi connectivity index (χ0) is 23.5. The molecule has 1 unspecified atom stereocenters. The van der Waals surface area contributed by atoms with Crippen LogP contribution in [0.4, 0.5) is 14.9 Å². The molecule has 2 amide bonds. The number of rotatable bonds is 6. The molecule has 0 saturated carbocycles. The first-order valence-electron chi connectivity index (χ1n) is 10.3. The van der Waals surface area contributed by atoms with Gasteiger partial charge in [0.2, 0.25) is 5.91 Å². The summed E-state index contributed by atoms with van der Waals surface area (Å²) < 4.78 is 19.2. The van der Waals surface area contributed by atoms with Crippen LogP contribution in [0.15, 0.2) is 66.7 Å². The Bertz CT molecular complexity index is 1200. The summed E-state index contributed by atoms with van der Waals surface area (Å²) in [7, 11) is 0. The van der Waals surface area contributed by atoms with Crippen molar-refractivity contribution in [2.24, 2.45) is 0 Å². The number of ether oxygens (including phenoxy) is 1. The Morgan fingerprint density at radius 2 is 1.58 bits per heavy atom. The SMILES string of the molecule is CC(NC(=O)OCC1c2ccccc2-c2ccccc21)C(=O)Nc1cccc(F)c1C(=O)O. The van der Waals surface area contributed by atoms with Crippen molar-refractivity contribution in [3.63, 3.8) is 0 Å². The van der Waals surface area contributed by atoms with Crippen molar-refractivity contribution >= 4 is 23.7 Å². The van der Waals surface area contributed by atoms with Crippen LogP contribution in [-0.4, -0.2) is 35.7 Å². The molecule has 0 radical (unpaired) electrons. The summed E-state index contributed by atoms with van der Waals surface area (Å²) in [6.07, 6.45) is -0.794. The number of benzene rings is 3. The van der Waals surface area contributed by atoms with Crippen molar-refractivity contribution in [1.82, 2.24) is 5.32 Å². The lowest BCUT2D eigenvalue weighted by Gasteiger charge is -2.17. The molecular formula is C25H21FN2O5. The number of fused-ring (bicyclic) bond motifs is 3. The van der Waals surface area contributed by atoms with E-state index in [9.17, 15) is 23.9 Å². The number of alkyl carbamates (subject to hydrolysis) is 1. The third-order valence-electron chi connectivity index (χ3n) is 5.56. The number of carbonyl (C=O) groups excluding carboxylic acids is 2. The van der Waals surface area contributed by atoms with Gasteiger partial charge < -0.3 is 20.5 Å². The highest BCUT2D eigenvalue weighted by molar-refractivity contribution is 6.02. The average Bonchev–Trinajstić information content (AvgIpc) is 3.11. The molecule has 0 saturated heterocycles. The van der Waals surface area contributed by atoms with Crippen LogP contribution in [0.3, 0.4) is 0 Å². The number of halogens is 1. The molecule has 168 valence electrons. The number of hydrogen-bond donors (Lipinski definition) is 3. The Balaban J connectivity index is 1.39. The first-order chi connectivity index (χ1) is 15.9. The zero-order valence-electron chi connectivity index (χ0n) is 17.7. The number of aromatic carboxylic acids is 1. The number of carbonyl (C=O) groups is 3. The Hall–Kier alpha value is -4.20. The number of carboxylic acids is 1. The molecule has 3 aromatic carbocycles. The summed E-state index contributed by atoms with van der Waals surface area (Å²) in [6.45, 7) is 1.50. The standard InChI is InChI=1S/C25H21FN2O5/c1-14(23(29)28-21-12-6-11-20(26)22(21)24(30)31)27-25(32)33-13-19-17-9-4-2-7-15(17)16-8-3-5-10-18(16)19/h2-12,14,19H,13H2,1H3,(H,27,32)(H,28,29)(H,30,31). The van der Waals surface area contributed by atoms with Crippen LogP contribution < -0.4 is 10.6 Å². The van der Waals surface area contributed by atoms with Crippen LogP contribution in [0.5, 0.6) is 0 Å². The van der Waals surface area contributed by atoms with Crippen molar-refractivity contribution in [3.05, 3.63) is 89.2 Å². The fraction of sp³-hybridized carbons (Fsp3) is 0.160. The summed E-state index contributed by atoms with van der Waals surface area (Å²) >= 11 is 0. The van der Waals surface area contributed by atoms with Crippen LogP contribution in [0.1, 0.15) is 34.3 Å². The van der Waals surface area contributed by atoms with Crippen molar-refractivity contribution in [2.75, 3.05) is 11.9 Å². The molecule has 3 N–H and O–H groups in total. The quantitative estimate of drug-likeness (QED) is 0.519. The minimum Gasteiger partial charge on any atom is -0.478 e. The smallest absolute Gasteiger partial charge is 0.407 e. The molecule has 0 spiro atoms. The highest BCUT2D eigenvalue weighted by Gasteiger charge is 2.29. The minimum atomic E-state index is -1.51. The van der Waals surface area contributed by atoms with Gasteiger partial charge in [-0.15, -0.1) is 0 Å². The van der Waals surface area contributed by atoms with E-state index < -0.39 is 35.4 Å². The largest absolute Gasteiger partial charge is 0.478 e. The molecule has 0 bridgehead atoms. The second kappa shape index (κ2) is 9.12. The second-order valence-electron chi connectivity index (χ2n) is 7.65. The first-order valence-corrected chi connectivity index (χ1v) is 10.3. The van der Waals surface area contributed by atoms with Gasteiger partial charge in [-0.2, -0.15) is 0 Å². The predicted octanol–water partition coefficient (Wildman–Crippen LogP) is 4.39. The maximum absolute atomic E-state index is 13.8. The number of carboxylic acid groups (broad SMARTS) is 1. The topological polar surface area (TPSA) is 105 Å². The summed E-state index contributed by atoms with van der Waals surface area (Å²) in [5.74, 6) is -3.33. The lowest BCUT2D eigenvalue weighted by Crippen LogP contribution is -2.42. The third-order valence-corrected chi connectivity index (χ3v) is 5.56. The molecular weight excluding hydrogens is 427 g/mol. The number of anilines is 1. The van der Waals surface area contributed by atoms with Crippen LogP contribution in [0, 0.1) is 5.82 Å². The maximum atomic E-state index is 13.8. The fourth-order valence-electron chi connectivity index (χ4n) is 3.97. The normalized spacial score (nSPS) is 12.9. The van der Waals surface area contributed by atoms with Crippen LogP contribution in [-0.2, 0) is 9.53 Å². The number of hydrogen-bond acceptors (Lipinski definition) is 4. The van der Waals surface area contributed by atoms with E-state index in [1.807, 2.05) is 48.5 Å². The van der Waals surface area contributed by atoms with Crippen molar-refractivity contribution in [3.8, 4) is 11.1 Å². The fourth-order valence-corrected chi connectivity index (χ4v) is 3.97. The van der Waals surface area contributed by atoms with Gasteiger partial charge in [-0.05, 0) is 41.3 Å². The first kappa shape index (κ1) is 22.0. The number of amides is 2. The zero-order valence-corrected chi connectivity index (χ0v) is 17.7. The van der Waals surface area contributed by atoms with E-state index in [1.54, 1.807) is 0 Å². The molecule has 4 rings (SSSR count). The lowest BCUT2D eigenvalue weighted by molar-refractivity contribution is -0.117. The third kappa shape index (κ3) is 4.41. The molecule has 3 aromatic rings. The van der Waals surface area contributed by atoms with Crippen molar-refractivity contribution < 1.29 is 28.6 Å². The molecule has 0 aromatic heterocycles. The van der Waals surface area contributed by atoms with E-state index in [0.29, 0.717) is 0 Å². The van der Waals surface area contributed by atoms with Gasteiger partial charge in [-0.25, -0.2) is 14.0 Å². The maximum Gasteiger partial charge on any atom is 0.407 e. The molecule has 0 aliphatic heterocycles. The molecule has 33 heavy (non-hydrogen) atoms. The van der Waals surface area contributed by atoms with Gasteiger partial charge in [-0.1, -0.05) is 54.6 Å². The lowest BCUT2D eigenvalue weighted by atomic mass is 9.98. The van der Waals surface area contributed by atoms with Gasteiger partial charge in [0.15, 0.2) is 0 Å². The summed E-state index contributed by atoms with van der Waals surface area (Å²) in [5, 5.41) is 13.9. The molecule has 0 fully saturated rings. The average molecular weight is 448 g/mol. The molecule has 1 atom stereocenters. The second-order valence-corrected chi connectivity index (χ2v) is 7.65. The van der Waals surface area contributed by atoms with E-state index in [2.05, 4.69) is 10.6 Å². The summed E-state index contributed by atoms with van der Waals surface area (Å²) in [6, 6.07) is 18.3. The van der Waals surface area contributed by atoms with E-state index in [0.717, 1.165) is 28.3 Å². The minimum absolute atomic E-state index is 0.0846. The van der Waals surface area contributed by atoms with Gasteiger partial charge in [-0.3, -0.25) is 4.79 Å².